The Labute approximate surface area is 220 Å². The Balaban J connectivity index is 1.25. The quantitative estimate of drug-likeness (QED) is 0.259. The number of aromatic amines is 1. The van der Waals surface area contributed by atoms with Crippen LogP contribution in [0.3, 0.4) is 0 Å². The molecule has 3 heterocycles. The lowest BCUT2D eigenvalue weighted by Crippen LogP contribution is -2.36. The summed E-state index contributed by atoms with van der Waals surface area (Å²) < 4.78 is 41.4. The molecule has 4 N–H and O–H groups in total. The van der Waals surface area contributed by atoms with Gasteiger partial charge in [-0.3, -0.25) is 0 Å². The van der Waals surface area contributed by atoms with Crippen molar-refractivity contribution in [3.63, 3.8) is 0 Å². The fourth-order valence-electron chi connectivity index (χ4n) is 4.57. The average molecular weight is 533 g/mol. The molecular formula is C28H22F2N4O5. The summed E-state index contributed by atoms with van der Waals surface area (Å²) >= 11 is 0. The summed E-state index contributed by atoms with van der Waals surface area (Å²) in [5.74, 6) is -1.35. The normalized spacial score (nSPS) is 19.0. The number of benzene rings is 3. The van der Waals surface area contributed by atoms with E-state index in [1.807, 2.05) is 24.3 Å². The van der Waals surface area contributed by atoms with Crippen LogP contribution in [0.25, 0.3) is 44.7 Å². The molecule has 0 spiro atoms. The van der Waals surface area contributed by atoms with Crippen LogP contribution in [0.2, 0.25) is 0 Å². The highest BCUT2D eigenvalue weighted by atomic mass is 19.1. The predicted octanol–water partition coefficient (Wildman–Crippen LogP) is 3.84. The van der Waals surface area contributed by atoms with E-state index < -0.39 is 29.9 Å². The van der Waals surface area contributed by atoms with Gasteiger partial charge in [0.25, 0.3) is 6.01 Å². The van der Waals surface area contributed by atoms with Gasteiger partial charge >= 0.3 is 0 Å². The summed E-state index contributed by atoms with van der Waals surface area (Å²) in [5, 5.41) is 28.9. The van der Waals surface area contributed by atoms with Crippen LogP contribution in [0.15, 0.2) is 66.9 Å². The van der Waals surface area contributed by atoms with E-state index in [-0.39, 0.29) is 41.7 Å². The molecule has 1 aliphatic rings. The van der Waals surface area contributed by atoms with Gasteiger partial charge in [-0.1, -0.05) is 48.5 Å². The Morgan fingerprint density at radius 1 is 0.949 bits per heavy atom. The van der Waals surface area contributed by atoms with E-state index in [2.05, 4.69) is 19.9 Å². The Bertz CT molecular complexity index is 1640. The van der Waals surface area contributed by atoms with Crippen molar-refractivity contribution in [3.8, 4) is 45.5 Å². The van der Waals surface area contributed by atoms with Crippen LogP contribution in [0.4, 0.5) is 8.78 Å². The molecule has 198 valence electrons. The highest BCUT2D eigenvalue weighted by Crippen LogP contribution is 2.34. The minimum atomic E-state index is -1.09. The second kappa shape index (κ2) is 10.0. The van der Waals surface area contributed by atoms with Gasteiger partial charge in [-0.05, 0) is 16.7 Å². The fourth-order valence-corrected chi connectivity index (χ4v) is 4.57. The maximum atomic E-state index is 15.5. The van der Waals surface area contributed by atoms with Crippen molar-refractivity contribution in [2.75, 3.05) is 13.2 Å². The number of ether oxygens (including phenoxy) is 2. The van der Waals surface area contributed by atoms with Gasteiger partial charge < -0.3 is 29.8 Å². The highest BCUT2D eigenvalue weighted by molar-refractivity contribution is 5.84. The van der Waals surface area contributed by atoms with Crippen LogP contribution in [0.1, 0.15) is 0 Å². The zero-order valence-corrected chi connectivity index (χ0v) is 20.3. The molecule has 3 aromatic carbocycles. The molecule has 9 nitrogen and oxygen atoms in total. The Hall–Kier alpha value is -4.45. The SMILES string of the molecule is OC[C@H]1OC[C@@H](Oc2nc3c(F)c(-c4ccc(-c5ccc(-c6nccc(O)n6)cc5)cc4)c(F)cc3[nH]2)[C@@H]1O. The Kier molecular flexibility index (Phi) is 6.39. The molecule has 0 unspecified atom stereocenters. The second-order valence-corrected chi connectivity index (χ2v) is 9.08. The number of hydrogen-bond donors (Lipinski definition) is 4. The second-order valence-electron chi connectivity index (χ2n) is 9.08. The molecule has 0 bridgehead atoms. The van der Waals surface area contributed by atoms with E-state index in [9.17, 15) is 15.3 Å². The van der Waals surface area contributed by atoms with Crippen LogP contribution in [0.5, 0.6) is 11.9 Å². The maximum Gasteiger partial charge on any atom is 0.295 e. The van der Waals surface area contributed by atoms with Crippen LogP contribution in [-0.2, 0) is 4.74 Å². The monoisotopic (exact) mass is 532 g/mol. The third kappa shape index (κ3) is 4.67. The van der Waals surface area contributed by atoms with Crippen LogP contribution >= 0.6 is 0 Å². The van der Waals surface area contributed by atoms with Crippen molar-refractivity contribution >= 4 is 11.0 Å². The van der Waals surface area contributed by atoms with Crippen molar-refractivity contribution in [3.05, 3.63) is 78.5 Å². The van der Waals surface area contributed by atoms with Crippen molar-refractivity contribution in [1.29, 1.82) is 0 Å². The Morgan fingerprint density at radius 3 is 2.26 bits per heavy atom. The summed E-state index contributed by atoms with van der Waals surface area (Å²) in [7, 11) is 0. The third-order valence-corrected chi connectivity index (χ3v) is 6.62. The van der Waals surface area contributed by atoms with E-state index in [1.54, 1.807) is 24.3 Å². The minimum Gasteiger partial charge on any atom is -0.493 e. The molecule has 5 aromatic rings. The molecule has 1 saturated heterocycles. The van der Waals surface area contributed by atoms with Gasteiger partial charge in [-0.15, -0.1) is 0 Å². The summed E-state index contributed by atoms with van der Waals surface area (Å²) in [5.41, 5.74) is 2.53. The van der Waals surface area contributed by atoms with Gasteiger partial charge in [0, 0.05) is 23.9 Å². The molecule has 0 amide bonds. The number of nitrogens with one attached hydrogen (secondary N) is 1. The van der Waals surface area contributed by atoms with Gasteiger partial charge in [0.2, 0.25) is 5.88 Å². The average Bonchev–Trinajstić information content (AvgIpc) is 3.52. The fraction of sp³-hybridized carbons (Fsp3) is 0.179. The topological polar surface area (TPSA) is 134 Å². The first-order chi connectivity index (χ1) is 18.9. The molecule has 3 atom stereocenters. The lowest BCUT2D eigenvalue weighted by atomic mass is 9.98. The first-order valence-electron chi connectivity index (χ1n) is 12.1. The van der Waals surface area contributed by atoms with Crippen molar-refractivity contribution in [2.45, 2.75) is 18.3 Å². The molecule has 0 aliphatic carbocycles. The van der Waals surface area contributed by atoms with Gasteiger partial charge in [-0.25, -0.2) is 13.8 Å². The number of hydrogen-bond acceptors (Lipinski definition) is 8. The standard InChI is InChI=1S/C28H22F2N4O5/c29-18-11-19-25(34-28(32-19)39-21-13-38-20(12-35)26(21)37)24(30)23(18)16-5-1-14(2-6-16)15-3-7-17(8-4-15)27-31-10-9-22(36)33-27/h1-11,20-21,26,35,37H,12-13H2,(H,32,34)(H,31,33,36)/t20-,21-,26-/m1/s1. The molecule has 0 saturated carbocycles. The van der Waals surface area contributed by atoms with Crippen LogP contribution in [0, 0.1) is 11.6 Å². The number of aromatic hydroxyl groups is 1. The minimum absolute atomic E-state index is 0.0181. The van der Waals surface area contributed by atoms with Crippen molar-refractivity contribution in [1.82, 2.24) is 19.9 Å². The van der Waals surface area contributed by atoms with E-state index in [0.717, 1.165) is 22.8 Å². The van der Waals surface area contributed by atoms with E-state index in [1.165, 1.54) is 12.3 Å². The van der Waals surface area contributed by atoms with Crippen molar-refractivity contribution < 1.29 is 33.6 Å². The van der Waals surface area contributed by atoms with Crippen LogP contribution in [-0.4, -0.2) is 66.8 Å². The van der Waals surface area contributed by atoms with Gasteiger partial charge in [0.05, 0.1) is 24.3 Å². The molecule has 1 fully saturated rings. The molecular weight excluding hydrogens is 510 g/mol. The molecule has 2 aromatic heterocycles. The third-order valence-electron chi connectivity index (χ3n) is 6.62. The van der Waals surface area contributed by atoms with E-state index in [4.69, 9.17) is 9.47 Å². The van der Waals surface area contributed by atoms with Gasteiger partial charge in [0.1, 0.15) is 23.5 Å². The van der Waals surface area contributed by atoms with Gasteiger partial charge in [-0.2, -0.15) is 9.97 Å². The van der Waals surface area contributed by atoms with Crippen molar-refractivity contribution in [2.24, 2.45) is 0 Å². The number of aliphatic hydroxyl groups excluding tert-OH is 2. The number of rotatable bonds is 6. The van der Waals surface area contributed by atoms with Crippen LogP contribution < -0.4 is 4.74 Å². The highest BCUT2D eigenvalue weighted by Gasteiger charge is 2.37. The molecule has 1 aliphatic heterocycles. The lowest BCUT2D eigenvalue weighted by Gasteiger charge is -2.15. The largest absolute Gasteiger partial charge is 0.493 e. The summed E-state index contributed by atoms with van der Waals surface area (Å²) in [6.07, 6.45) is -1.22. The number of fused-ring (bicyclic) bond motifs is 1. The zero-order chi connectivity index (χ0) is 27.1. The number of halogens is 2. The zero-order valence-electron chi connectivity index (χ0n) is 20.3. The van der Waals surface area contributed by atoms with E-state index >= 15 is 8.78 Å². The Morgan fingerprint density at radius 2 is 1.62 bits per heavy atom. The molecule has 11 heteroatoms. The number of aliphatic hydroxyl groups is 2. The smallest absolute Gasteiger partial charge is 0.295 e. The lowest BCUT2D eigenvalue weighted by molar-refractivity contribution is -0.00390. The summed E-state index contributed by atoms with van der Waals surface area (Å²) in [6, 6.07) is 16.6. The van der Waals surface area contributed by atoms with E-state index in [0.29, 0.717) is 11.4 Å². The first kappa shape index (κ1) is 24.9. The number of aromatic nitrogens is 4. The molecule has 39 heavy (non-hydrogen) atoms. The summed E-state index contributed by atoms with van der Waals surface area (Å²) in [4.78, 5) is 15.0. The number of H-pyrrole nitrogens is 1. The molecule has 0 radical (unpaired) electrons. The predicted molar refractivity (Wildman–Crippen MR) is 137 cm³/mol. The number of imidazole rings is 1. The maximum absolute atomic E-state index is 15.5. The molecule has 6 rings (SSSR count). The van der Waals surface area contributed by atoms with Gasteiger partial charge in [0.15, 0.2) is 17.7 Å². The summed E-state index contributed by atoms with van der Waals surface area (Å²) in [6.45, 7) is -0.354. The number of nitrogens with zero attached hydrogens (tertiary/aromatic N) is 3. The first-order valence-corrected chi connectivity index (χ1v) is 12.1.